The van der Waals surface area contributed by atoms with Crippen molar-refractivity contribution in [3.63, 3.8) is 0 Å². The quantitative estimate of drug-likeness (QED) is 0.665. The van der Waals surface area contributed by atoms with E-state index in [-0.39, 0.29) is 32.8 Å². The van der Waals surface area contributed by atoms with Crippen molar-refractivity contribution in [2.75, 3.05) is 37.6 Å². The number of nitrogens with zero attached hydrogens (tertiary/aromatic N) is 3. The molecule has 0 bridgehead atoms. The van der Waals surface area contributed by atoms with Crippen LogP contribution in [0, 0.1) is 5.82 Å². The number of urea groups is 1. The van der Waals surface area contributed by atoms with Crippen molar-refractivity contribution < 1.29 is 28.2 Å². The minimum absolute atomic E-state index is 0.0831. The van der Waals surface area contributed by atoms with E-state index in [4.69, 9.17) is 9.47 Å². The maximum atomic E-state index is 13.8. The molecule has 1 fully saturated rings. The topological polar surface area (TPSA) is 91.4 Å². The molecule has 37 heavy (non-hydrogen) atoms. The van der Waals surface area contributed by atoms with Gasteiger partial charge < -0.3 is 19.7 Å². The average molecular weight is 513 g/mol. The van der Waals surface area contributed by atoms with Gasteiger partial charge >= 0.3 is 18.2 Å². The summed E-state index contributed by atoms with van der Waals surface area (Å²) in [5, 5.41) is 2.86. The van der Waals surface area contributed by atoms with Gasteiger partial charge in [-0.2, -0.15) is 0 Å². The molecule has 4 amide bonds. The molecule has 2 aromatic rings. The molecule has 1 N–H and O–H groups in total. The van der Waals surface area contributed by atoms with E-state index >= 15 is 0 Å². The first-order chi connectivity index (χ1) is 17.6. The van der Waals surface area contributed by atoms with Crippen molar-refractivity contribution in [2.24, 2.45) is 0 Å². The third-order valence-electron chi connectivity index (χ3n) is 6.25. The molecule has 0 aliphatic carbocycles. The second-order valence-electron chi connectivity index (χ2n) is 10.2. The molecule has 2 aromatic carbocycles. The predicted octanol–water partition coefficient (Wildman–Crippen LogP) is 4.16. The smallest absolute Gasteiger partial charge is 0.410 e. The average Bonchev–Trinajstić information content (AvgIpc) is 3.28. The van der Waals surface area contributed by atoms with Crippen LogP contribution < -0.4 is 10.2 Å². The van der Waals surface area contributed by atoms with Crippen LogP contribution in [0.5, 0.6) is 0 Å². The van der Waals surface area contributed by atoms with Gasteiger partial charge in [-0.05, 0) is 50.5 Å². The number of benzene rings is 2. The highest BCUT2D eigenvalue weighted by Gasteiger charge is 2.36. The van der Waals surface area contributed by atoms with E-state index in [1.54, 1.807) is 26.8 Å². The number of piperazine rings is 1. The monoisotopic (exact) mass is 512 g/mol. The van der Waals surface area contributed by atoms with Gasteiger partial charge in [0.05, 0.1) is 11.7 Å². The first-order valence-electron chi connectivity index (χ1n) is 12.4. The van der Waals surface area contributed by atoms with Crippen LogP contribution in [-0.4, -0.2) is 72.4 Å². The zero-order valence-electron chi connectivity index (χ0n) is 21.4. The fraction of sp³-hybridized carbons (Fsp3) is 0.444. The summed E-state index contributed by atoms with van der Waals surface area (Å²) in [6.45, 7) is 6.66. The van der Waals surface area contributed by atoms with E-state index < -0.39 is 35.7 Å². The fourth-order valence-corrected chi connectivity index (χ4v) is 4.43. The fourth-order valence-electron chi connectivity index (χ4n) is 4.43. The van der Waals surface area contributed by atoms with Crippen molar-refractivity contribution in [3.8, 4) is 0 Å². The normalized spacial score (nSPS) is 17.3. The Hall–Kier alpha value is -3.82. The molecule has 2 heterocycles. The van der Waals surface area contributed by atoms with Crippen molar-refractivity contribution in [3.05, 3.63) is 65.5 Å². The van der Waals surface area contributed by atoms with Crippen LogP contribution in [-0.2, 0) is 22.5 Å². The number of nitrogens with one attached hydrogen (secondary N) is 1. The number of hydrogen-bond donors (Lipinski definition) is 1. The lowest BCUT2D eigenvalue weighted by Gasteiger charge is -2.41. The number of anilines is 1. The predicted molar refractivity (Wildman–Crippen MR) is 136 cm³/mol. The minimum Gasteiger partial charge on any atom is -0.445 e. The van der Waals surface area contributed by atoms with E-state index in [9.17, 15) is 18.8 Å². The van der Waals surface area contributed by atoms with E-state index in [0.29, 0.717) is 18.7 Å². The number of halogens is 1. The molecular formula is C27H33FN4O5. The lowest BCUT2D eigenvalue weighted by atomic mass is 10.1. The summed E-state index contributed by atoms with van der Waals surface area (Å²) in [5.41, 5.74) is 1.63. The summed E-state index contributed by atoms with van der Waals surface area (Å²) in [5.74, 6) is -0.411. The molecule has 0 spiro atoms. The molecule has 2 aliphatic heterocycles. The number of carbonyl (C=O) groups is 3. The molecule has 0 radical (unpaired) electrons. The summed E-state index contributed by atoms with van der Waals surface area (Å²) in [6, 6.07) is 12.8. The first kappa shape index (κ1) is 26.2. The number of amides is 4. The Morgan fingerprint density at radius 2 is 1.78 bits per heavy atom. The zero-order valence-corrected chi connectivity index (χ0v) is 21.4. The zero-order chi connectivity index (χ0) is 26.6. The molecule has 9 nitrogen and oxygen atoms in total. The summed E-state index contributed by atoms with van der Waals surface area (Å²) in [7, 11) is 0. The van der Waals surface area contributed by atoms with Gasteiger partial charge in [-0.15, -0.1) is 0 Å². The Balaban J connectivity index is 1.43. The first-order valence-corrected chi connectivity index (χ1v) is 12.4. The summed E-state index contributed by atoms with van der Waals surface area (Å²) < 4.78 is 24.8. The summed E-state index contributed by atoms with van der Waals surface area (Å²) in [4.78, 5) is 43.3. The van der Waals surface area contributed by atoms with Gasteiger partial charge in [0.2, 0.25) is 0 Å². The number of ether oxygens (including phenoxy) is 2. The molecule has 0 aromatic heterocycles. The van der Waals surface area contributed by atoms with Crippen molar-refractivity contribution in [1.82, 2.24) is 15.1 Å². The van der Waals surface area contributed by atoms with Crippen LogP contribution in [0.4, 0.5) is 24.5 Å². The molecule has 2 aliphatic rings. The van der Waals surface area contributed by atoms with E-state index in [1.165, 1.54) is 26.8 Å². The SMILES string of the molecule is CC(C)(C)OC(=O)N1CCN(C(=O)OCc2ccccc2)[C@H](CNC(=O)N2CCc3ccc(F)cc32)C1. The molecule has 1 atom stereocenters. The van der Waals surface area contributed by atoms with Gasteiger partial charge in [-0.3, -0.25) is 9.80 Å². The number of fused-ring (bicyclic) bond motifs is 1. The van der Waals surface area contributed by atoms with E-state index in [2.05, 4.69) is 5.32 Å². The number of carbonyl (C=O) groups excluding carboxylic acids is 3. The van der Waals surface area contributed by atoms with Crippen molar-refractivity contribution in [2.45, 2.75) is 45.4 Å². The highest BCUT2D eigenvalue weighted by atomic mass is 19.1. The lowest BCUT2D eigenvalue weighted by molar-refractivity contribution is 0.00163. The second-order valence-corrected chi connectivity index (χ2v) is 10.2. The maximum Gasteiger partial charge on any atom is 0.410 e. The van der Waals surface area contributed by atoms with Gasteiger partial charge in [0.15, 0.2) is 0 Å². The number of hydrogen-bond acceptors (Lipinski definition) is 5. The van der Waals surface area contributed by atoms with Gasteiger partial charge in [-0.25, -0.2) is 18.8 Å². The third-order valence-corrected chi connectivity index (χ3v) is 6.25. The molecule has 1 saturated heterocycles. The Labute approximate surface area is 216 Å². The number of rotatable bonds is 4. The van der Waals surface area contributed by atoms with Gasteiger partial charge in [0, 0.05) is 32.7 Å². The van der Waals surface area contributed by atoms with Crippen LogP contribution >= 0.6 is 0 Å². The highest BCUT2D eigenvalue weighted by molar-refractivity contribution is 5.94. The summed E-state index contributed by atoms with van der Waals surface area (Å²) >= 11 is 0. The lowest BCUT2D eigenvalue weighted by Crippen LogP contribution is -2.60. The van der Waals surface area contributed by atoms with Crippen LogP contribution in [0.25, 0.3) is 0 Å². The largest absolute Gasteiger partial charge is 0.445 e. The van der Waals surface area contributed by atoms with E-state index in [1.807, 2.05) is 30.3 Å². The highest BCUT2D eigenvalue weighted by Crippen LogP contribution is 2.28. The Morgan fingerprint density at radius 1 is 1.03 bits per heavy atom. The molecule has 198 valence electrons. The minimum atomic E-state index is -0.662. The van der Waals surface area contributed by atoms with Crippen molar-refractivity contribution in [1.29, 1.82) is 0 Å². The Morgan fingerprint density at radius 3 is 2.51 bits per heavy atom. The van der Waals surface area contributed by atoms with Crippen molar-refractivity contribution >= 4 is 23.9 Å². The maximum absolute atomic E-state index is 13.8. The Kier molecular flexibility index (Phi) is 7.85. The summed E-state index contributed by atoms with van der Waals surface area (Å²) in [6.07, 6.45) is -0.373. The van der Waals surface area contributed by atoms with Crippen LogP contribution in [0.15, 0.2) is 48.5 Å². The molecular weight excluding hydrogens is 479 g/mol. The molecule has 0 saturated carbocycles. The van der Waals surface area contributed by atoms with E-state index in [0.717, 1.165) is 11.1 Å². The molecule has 10 heteroatoms. The van der Waals surface area contributed by atoms with Crippen LogP contribution in [0.1, 0.15) is 31.9 Å². The standard InChI is InChI=1S/C27H33FN4O5/c1-27(2,3)37-25(34)30-13-14-31(26(35)36-18-19-7-5-4-6-8-19)22(17-30)16-29-24(33)32-12-11-20-9-10-21(28)15-23(20)32/h4-10,15,22H,11-14,16-18H2,1-3H3,(H,29,33)/t22-/m1/s1. The molecule has 0 unspecified atom stereocenters. The van der Waals surface area contributed by atoms with Gasteiger partial charge in [-0.1, -0.05) is 36.4 Å². The van der Waals surface area contributed by atoms with Gasteiger partial charge in [0.1, 0.15) is 18.0 Å². The van der Waals surface area contributed by atoms with Gasteiger partial charge in [0.25, 0.3) is 0 Å². The second kappa shape index (κ2) is 11.1. The molecule has 4 rings (SSSR count). The Bertz CT molecular complexity index is 1140. The third kappa shape index (κ3) is 6.69. The van der Waals surface area contributed by atoms with Crippen LogP contribution in [0.3, 0.4) is 0 Å². The van der Waals surface area contributed by atoms with Crippen LogP contribution in [0.2, 0.25) is 0 Å².